The number of carbonyl (C=O) groups is 2. The molecule has 2 rings (SSSR count). The zero-order chi connectivity index (χ0) is 15.4. The lowest BCUT2D eigenvalue weighted by molar-refractivity contribution is -0.149. The average molecular weight is 293 g/mol. The third kappa shape index (κ3) is 3.62. The van der Waals surface area contributed by atoms with Gasteiger partial charge in [-0.05, 0) is 19.3 Å². The monoisotopic (exact) mass is 293 g/mol. The molecule has 0 spiro atoms. The van der Waals surface area contributed by atoms with Crippen LogP contribution in [0.2, 0.25) is 0 Å². The topological polar surface area (TPSA) is 73.2 Å². The van der Waals surface area contributed by atoms with Gasteiger partial charge in [-0.3, -0.25) is 4.79 Å². The molecule has 1 amide bonds. The lowest BCUT2D eigenvalue weighted by Gasteiger charge is -2.26. The Morgan fingerprint density at radius 3 is 2.95 bits per heavy atom. The minimum Gasteiger partial charge on any atom is -0.464 e. The molecular formula is C15H23N3O3. The highest BCUT2D eigenvalue weighted by Gasteiger charge is 2.30. The van der Waals surface area contributed by atoms with E-state index < -0.39 is 6.04 Å². The number of carbonyl (C=O) groups excluding carboxylic acids is 2. The molecule has 0 aliphatic carbocycles. The van der Waals surface area contributed by atoms with Gasteiger partial charge >= 0.3 is 5.97 Å². The van der Waals surface area contributed by atoms with Gasteiger partial charge in [-0.25, -0.2) is 9.78 Å². The maximum Gasteiger partial charge on any atom is 0.328 e. The lowest BCUT2D eigenvalue weighted by Crippen LogP contribution is -2.48. The molecule has 1 N–H and O–H groups in total. The maximum atomic E-state index is 12.4. The van der Waals surface area contributed by atoms with Crippen molar-refractivity contribution in [1.82, 2.24) is 14.9 Å². The second kappa shape index (κ2) is 6.74. The molecule has 1 aliphatic rings. The van der Waals surface area contributed by atoms with Crippen molar-refractivity contribution >= 4 is 11.9 Å². The van der Waals surface area contributed by atoms with E-state index >= 15 is 0 Å². The van der Waals surface area contributed by atoms with Gasteiger partial charge in [-0.1, -0.05) is 13.8 Å². The smallest absolute Gasteiger partial charge is 0.328 e. The van der Waals surface area contributed by atoms with Crippen LogP contribution in [-0.2, 0) is 27.3 Å². The van der Waals surface area contributed by atoms with E-state index in [1.54, 1.807) is 19.4 Å². The van der Waals surface area contributed by atoms with Crippen molar-refractivity contribution in [2.75, 3.05) is 6.61 Å². The number of amides is 1. The van der Waals surface area contributed by atoms with Crippen molar-refractivity contribution in [2.24, 2.45) is 11.8 Å². The van der Waals surface area contributed by atoms with E-state index in [0.717, 1.165) is 18.7 Å². The van der Waals surface area contributed by atoms with Crippen molar-refractivity contribution in [2.45, 2.75) is 46.2 Å². The number of nitrogens with zero attached hydrogens (tertiary/aromatic N) is 2. The summed E-state index contributed by atoms with van der Waals surface area (Å²) in [4.78, 5) is 28.4. The van der Waals surface area contributed by atoms with Crippen LogP contribution in [0.4, 0.5) is 0 Å². The molecule has 0 unspecified atom stereocenters. The molecule has 0 saturated carbocycles. The summed E-state index contributed by atoms with van der Waals surface area (Å²) in [5.74, 6) is -0.539. The molecule has 0 aromatic carbocycles. The first kappa shape index (κ1) is 15.5. The van der Waals surface area contributed by atoms with Crippen LogP contribution in [0.25, 0.3) is 0 Å². The third-order valence-corrected chi connectivity index (χ3v) is 3.85. The van der Waals surface area contributed by atoms with Gasteiger partial charge in [0.25, 0.3) is 0 Å². The second-order valence-electron chi connectivity index (χ2n) is 5.75. The first-order chi connectivity index (χ1) is 10.0. The lowest BCUT2D eigenvalue weighted by atomic mass is 9.94. The van der Waals surface area contributed by atoms with Crippen LogP contribution < -0.4 is 5.32 Å². The van der Waals surface area contributed by atoms with Gasteiger partial charge in [0, 0.05) is 30.8 Å². The molecule has 0 radical (unpaired) electrons. The number of imidazole rings is 1. The number of hydrogen-bond donors (Lipinski definition) is 1. The molecule has 6 nitrogen and oxygen atoms in total. The first-order valence-corrected chi connectivity index (χ1v) is 7.49. The van der Waals surface area contributed by atoms with Crippen LogP contribution in [-0.4, -0.2) is 34.1 Å². The highest BCUT2D eigenvalue weighted by atomic mass is 16.5. The summed E-state index contributed by atoms with van der Waals surface area (Å²) < 4.78 is 7.09. The normalized spacial score (nSPS) is 19.0. The highest BCUT2D eigenvalue weighted by Crippen LogP contribution is 2.20. The fourth-order valence-electron chi connectivity index (χ4n) is 2.59. The van der Waals surface area contributed by atoms with Crippen molar-refractivity contribution in [3.05, 3.63) is 18.2 Å². The summed E-state index contributed by atoms with van der Waals surface area (Å²) in [6.45, 7) is 6.68. The van der Waals surface area contributed by atoms with Crippen LogP contribution >= 0.6 is 0 Å². The predicted octanol–water partition coefficient (Wildman–Crippen LogP) is 1.15. The van der Waals surface area contributed by atoms with Crippen molar-refractivity contribution < 1.29 is 14.3 Å². The molecule has 2 atom stereocenters. The Bertz CT molecular complexity index is 510. The van der Waals surface area contributed by atoms with Crippen LogP contribution in [0.5, 0.6) is 0 Å². The van der Waals surface area contributed by atoms with E-state index in [1.807, 2.05) is 13.8 Å². The van der Waals surface area contributed by atoms with Gasteiger partial charge in [-0.2, -0.15) is 0 Å². The minimum atomic E-state index is -0.579. The molecule has 21 heavy (non-hydrogen) atoms. The van der Waals surface area contributed by atoms with Gasteiger partial charge in [0.1, 0.15) is 6.04 Å². The summed E-state index contributed by atoms with van der Waals surface area (Å²) >= 11 is 0. The van der Waals surface area contributed by atoms with Gasteiger partial charge in [0.05, 0.1) is 12.9 Å². The quantitative estimate of drug-likeness (QED) is 0.827. The summed E-state index contributed by atoms with van der Waals surface area (Å²) in [6.07, 6.45) is 5.02. The standard InChI is InChI=1S/C15H23N3O3/c1-4-21-15(20)13(10(2)3)17-14(19)11-5-6-18-9-16-8-12(18)7-11/h8-11,13H,4-7H2,1-3H3,(H,17,19)/t11-,13-/m0/s1. The molecule has 0 fully saturated rings. The zero-order valence-corrected chi connectivity index (χ0v) is 12.8. The minimum absolute atomic E-state index is 0.00196. The van der Waals surface area contributed by atoms with Crippen LogP contribution in [0.1, 0.15) is 32.9 Å². The largest absolute Gasteiger partial charge is 0.464 e. The van der Waals surface area contributed by atoms with Crippen LogP contribution in [0.15, 0.2) is 12.5 Å². The first-order valence-electron chi connectivity index (χ1n) is 7.49. The number of ether oxygens (including phenoxy) is 1. The second-order valence-corrected chi connectivity index (χ2v) is 5.75. The van der Waals surface area contributed by atoms with E-state index in [1.165, 1.54) is 0 Å². The Morgan fingerprint density at radius 1 is 1.52 bits per heavy atom. The van der Waals surface area contributed by atoms with Crippen molar-refractivity contribution in [3.8, 4) is 0 Å². The zero-order valence-electron chi connectivity index (χ0n) is 12.8. The van der Waals surface area contributed by atoms with Gasteiger partial charge < -0.3 is 14.6 Å². The molecule has 1 aromatic heterocycles. The van der Waals surface area contributed by atoms with E-state index in [2.05, 4.69) is 14.9 Å². The molecule has 116 valence electrons. The molecule has 1 aliphatic heterocycles. The molecular weight excluding hydrogens is 270 g/mol. The van der Waals surface area contributed by atoms with Crippen LogP contribution in [0.3, 0.4) is 0 Å². The average Bonchev–Trinajstić information content (AvgIpc) is 2.91. The fraction of sp³-hybridized carbons (Fsp3) is 0.667. The third-order valence-electron chi connectivity index (χ3n) is 3.85. The Balaban J connectivity index is 1.98. The van der Waals surface area contributed by atoms with E-state index in [9.17, 15) is 9.59 Å². The Hall–Kier alpha value is -1.85. The summed E-state index contributed by atoms with van der Waals surface area (Å²) in [5, 5.41) is 2.85. The summed E-state index contributed by atoms with van der Waals surface area (Å²) in [5.41, 5.74) is 1.07. The molecule has 6 heteroatoms. The number of hydrogen-bond acceptors (Lipinski definition) is 4. The fourth-order valence-corrected chi connectivity index (χ4v) is 2.59. The Kier molecular flexibility index (Phi) is 4.98. The molecule has 1 aromatic rings. The summed E-state index contributed by atoms with van der Waals surface area (Å²) in [6, 6.07) is -0.579. The van der Waals surface area contributed by atoms with Gasteiger partial charge in [0.2, 0.25) is 5.91 Å². The van der Waals surface area contributed by atoms with Crippen molar-refractivity contribution in [1.29, 1.82) is 0 Å². The number of nitrogens with one attached hydrogen (secondary N) is 1. The molecule has 0 saturated heterocycles. The number of rotatable bonds is 5. The predicted molar refractivity (Wildman–Crippen MR) is 77.4 cm³/mol. The number of esters is 1. The van der Waals surface area contributed by atoms with E-state index in [-0.39, 0.29) is 23.7 Å². The number of aromatic nitrogens is 2. The Morgan fingerprint density at radius 2 is 2.29 bits per heavy atom. The van der Waals surface area contributed by atoms with E-state index in [0.29, 0.717) is 13.0 Å². The number of fused-ring (bicyclic) bond motifs is 1. The van der Waals surface area contributed by atoms with E-state index in [4.69, 9.17) is 4.74 Å². The summed E-state index contributed by atoms with van der Waals surface area (Å²) in [7, 11) is 0. The van der Waals surface area contributed by atoms with Gasteiger partial charge in [0.15, 0.2) is 0 Å². The maximum absolute atomic E-state index is 12.4. The molecule has 2 heterocycles. The van der Waals surface area contributed by atoms with Crippen molar-refractivity contribution in [3.63, 3.8) is 0 Å². The van der Waals surface area contributed by atoms with Crippen LogP contribution in [0, 0.1) is 11.8 Å². The SMILES string of the molecule is CCOC(=O)[C@@H](NC(=O)[C@H]1CCn2cncc2C1)C(C)C. The Labute approximate surface area is 124 Å². The van der Waals surface area contributed by atoms with Gasteiger partial charge in [-0.15, -0.1) is 0 Å². The highest BCUT2D eigenvalue weighted by molar-refractivity contribution is 5.86. The number of aryl methyl sites for hydroxylation is 1. The molecule has 0 bridgehead atoms.